The summed E-state index contributed by atoms with van der Waals surface area (Å²) in [4.78, 5) is 4.82. The molecule has 2 nitrogen and oxygen atoms in total. The monoisotopic (exact) mass is 317 g/mol. The Morgan fingerprint density at radius 3 is 2.58 bits per heavy atom. The standard InChI is InChI=1S/C22H23NO/c1-22(2)15-24-21(23-22)19-14-8-12-17-11-6-7-13-18(20(17)19)16-9-4-3-5-10-16/h3-5,8-10,12-14H,6-7,11,15H2,1-2H3. The first-order valence-electron chi connectivity index (χ1n) is 8.75. The molecule has 0 radical (unpaired) electrons. The number of hydrogen-bond acceptors (Lipinski definition) is 2. The van der Waals surface area contributed by atoms with Crippen molar-refractivity contribution in [1.29, 1.82) is 0 Å². The van der Waals surface area contributed by atoms with Gasteiger partial charge < -0.3 is 4.74 Å². The van der Waals surface area contributed by atoms with E-state index in [4.69, 9.17) is 9.73 Å². The van der Waals surface area contributed by atoms with Gasteiger partial charge in [-0.15, -0.1) is 0 Å². The van der Waals surface area contributed by atoms with E-state index < -0.39 is 0 Å². The van der Waals surface area contributed by atoms with Crippen molar-refractivity contribution in [3.63, 3.8) is 0 Å². The van der Waals surface area contributed by atoms with E-state index in [2.05, 4.69) is 68.5 Å². The zero-order chi connectivity index (χ0) is 16.6. The van der Waals surface area contributed by atoms with Crippen molar-refractivity contribution in [1.82, 2.24) is 0 Å². The predicted octanol–water partition coefficient (Wildman–Crippen LogP) is 5.01. The molecule has 0 saturated carbocycles. The smallest absolute Gasteiger partial charge is 0.217 e. The van der Waals surface area contributed by atoms with Crippen molar-refractivity contribution < 1.29 is 4.74 Å². The van der Waals surface area contributed by atoms with Gasteiger partial charge >= 0.3 is 0 Å². The predicted molar refractivity (Wildman–Crippen MR) is 99.5 cm³/mol. The number of hydrogen-bond donors (Lipinski definition) is 0. The highest BCUT2D eigenvalue weighted by Gasteiger charge is 2.29. The van der Waals surface area contributed by atoms with E-state index in [0.717, 1.165) is 24.3 Å². The Bertz CT molecular complexity index is 815. The maximum absolute atomic E-state index is 5.97. The molecule has 0 N–H and O–H groups in total. The molecule has 0 aromatic heterocycles. The zero-order valence-corrected chi connectivity index (χ0v) is 14.4. The summed E-state index contributed by atoms with van der Waals surface area (Å²) in [6.07, 6.45) is 5.78. The highest BCUT2D eigenvalue weighted by Crippen LogP contribution is 2.35. The summed E-state index contributed by atoms with van der Waals surface area (Å²) in [5.41, 5.74) is 6.28. The fourth-order valence-corrected chi connectivity index (χ4v) is 3.55. The van der Waals surface area contributed by atoms with Crippen LogP contribution in [0.4, 0.5) is 0 Å². The zero-order valence-electron chi connectivity index (χ0n) is 14.4. The van der Waals surface area contributed by atoms with Gasteiger partial charge in [0.25, 0.3) is 0 Å². The van der Waals surface area contributed by atoms with Crippen LogP contribution in [0.25, 0.3) is 5.57 Å². The number of ether oxygens (including phenoxy) is 1. The Hall–Kier alpha value is -2.35. The van der Waals surface area contributed by atoms with E-state index in [0.29, 0.717) is 6.61 Å². The van der Waals surface area contributed by atoms with Gasteiger partial charge in [0.1, 0.15) is 6.61 Å². The Morgan fingerprint density at radius 1 is 1.00 bits per heavy atom. The largest absolute Gasteiger partial charge is 0.475 e. The van der Waals surface area contributed by atoms with Crippen LogP contribution in [-0.2, 0) is 11.2 Å². The molecule has 2 heteroatoms. The second-order valence-corrected chi connectivity index (χ2v) is 7.23. The maximum Gasteiger partial charge on any atom is 0.217 e. The van der Waals surface area contributed by atoms with E-state index in [9.17, 15) is 0 Å². The minimum Gasteiger partial charge on any atom is -0.475 e. The molecule has 0 bridgehead atoms. The lowest BCUT2D eigenvalue weighted by Crippen LogP contribution is -2.17. The SMILES string of the molecule is CC1(C)COC(c2cccc3c2C(c2ccccc2)=CCCC3)=N1. The van der Waals surface area contributed by atoms with Crippen molar-refractivity contribution >= 4 is 11.5 Å². The fourth-order valence-electron chi connectivity index (χ4n) is 3.55. The second-order valence-electron chi connectivity index (χ2n) is 7.23. The third kappa shape index (κ3) is 2.77. The molecular formula is C22H23NO. The summed E-state index contributed by atoms with van der Waals surface area (Å²) in [7, 11) is 0. The molecule has 1 aliphatic heterocycles. The first-order valence-corrected chi connectivity index (χ1v) is 8.75. The molecule has 2 aromatic rings. The molecule has 0 unspecified atom stereocenters. The van der Waals surface area contributed by atoms with Crippen LogP contribution < -0.4 is 0 Å². The lowest BCUT2D eigenvalue weighted by atomic mass is 9.89. The molecule has 1 heterocycles. The van der Waals surface area contributed by atoms with Crippen molar-refractivity contribution in [3.8, 4) is 0 Å². The van der Waals surface area contributed by atoms with Gasteiger partial charge in [-0.1, -0.05) is 48.5 Å². The van der Waals surface area contributed by atoms with Crippen LogP contribution in [0.2, 0.25) is 0 Å². The van der Waals surface area contributed by atoms with Gasteiger partial charge in [-0.3, -0.25) is 0 Å². The third-order valence-corrected chi connectivity index (χ3v) is 4.70. The number of nitrogens with zero attached hydrogens (tertiary/aromatic N) is 1. The summed E-state index contributed by atoms with van der Waals surface area (Å²) in [6.45, 7) is 4.89. The Morgan fingerprint density at radius 2 is 1.83 bits per heavy atom. The van der Waals surface area contributed by atoms with Crippen LogP contribution in [0.5, 0.6) is 0 Å². The average Bonchev–Trinajstić information content (AvgIpc) is 2.82. The molecule has 0 spiro atoms. The molecule has 0 atom stereocenters. The molecule has 0 amide bonds. The van der Waals surface area contributed by atoms with Crippen LogP contribution in [0.15, 0.2) is 59.6 Å². The maximum atomic E-state index is 5.97. The summed E-state index contributed by atoms with van der Waals surface area (Å²) in [6, 6.07) is 17.2. The van der Waals surface area contributed by atoms with Crippen molar-refractivity contribution in [2.24, 2.45) is 4.99 Å². The normalized spacial score (nSPS) is 18.9. The number of allylic oxidation sites excluding steroid dienone is 1. The van der Waals surface area contributed by atoms with E-state index in [1.54, 1.807) is 0 Å². The van der Waals surface area contributed by atoms with Crippen LogP contribution in [0.1, 0.15) is 48.9 Å². The number of benzene rings is 2. The molecule has 0 saturated heterocycles. The third-order valence-electron chi connectivity index (χ3n) is 4.70. The second kappa shape index (κ2) is 5.94. The van der Waals surface area contributed by atoms with E-state index in [1.165, 1.54) is 28.7 Å². The van der Waals surface area contributed by atoms with E-state index >= 15 is 0 Å². The van der Waals surface area contributed by atoms with E-state index in [-0.39, 0.29) is 5.54 Å². The van der Waals surface area contributed by atoms with Gasteiger partial charge in [-0.2, -0.15) is 0 Å². The Balaban J connectivity index is 1.91. The van der Waals surface area contributed by atoms with Gasteiger partial charge in [-0.05, 0) is 61.4 Å². The molecule has 1 aliphatic carbocycles. The fraction of sp³-hybridized carbons (Fsp3) is 0.318. The van der Waals surface area contributed by atoms with Crippen molar-refractivity contribution in [2.45, 2.75) is 38.6 Å². The molecule has 122 valence electrons. The molecule has 24 heavy (non-hydrogen) atoms. The first-order chi connectivity index (χ1) is 11.6. The molecule has 2 aliphatic rings. The van der Waals surface area contributed by atoms with Gasteiger partial charge in [0.05, 0.1) is 5.54 Å². The summed E-state index contributed by atoms with van der Waals surface area (Å²) < 4.78 is 5.97. The highest BCUT2D eigenvalue weighted by atomic mass is 16.5. The van der Waals surface area contributed by atoms with Crippen LogP contribution in [0, 0.1) is 0 Å². The first kappa shape index (κ1) is 15.2. The lowest BCUT2D eigenvalue weighted by molar-refractivity contribution is 0.279. The van der Waals surface area contributed by atoms with Gasteiger partial charge in [0.2, 0.25) is 5.90 Å². The lowest BCUT2D eigenvalue weighted by Gasteiger charge is -2.16. The molecule has 2 aromatic carbocycles. The number of rotatable bonds is 2. The minimum absolute atomic E-state index is 0.139. The molecule has 4 rings (SSSR count). The van der Waals surface area contributed by atoms with Crippen LogP contribution in [-0.4, -0.2) is 18.0 Å². The summed E-state index contributed by atoms with van der Waals surface area (Å²) >= 11 is 0. The average molecular weight is 317 g/mol. The summed E-state index contributed by atoms with van der Waals surface area (Å²) in [5.74, 6) is 0.792. The minimum atomic E-state index is -0.139. The Kier molecular flexibility index (Phi) is 3.76. The highest BCUT2D eigenvalue weighted by molar-refractivity contribution is 6.02. The van der Waals surface area contributed by atoms with E-state index in [1.807, 2.05) is 0 Å². The topological polar surface area (TPSA) is 21.6 Å². The van der Waals surface area contributed by atoms with Crippen LogP contribution >= 0.6 is 0 Å². The molecule has 0 fully saturated rings. The van der Waals surface area contributed by atoms with Gasteiger partial charge in [0, 0.05) is 5.56 Å². The van der Waals surface area contributed by atoms with Gasteiger partial charge in [-0.25, -0.2) is 4.99 Å². The van der Waals surface area contributed by atoms with Gasteiger partial charge in [0.15, 0.2) is 0 Å². The molecular weight excluding hydrogens is 294 g/mol. The van der Waals surface area contributed by atoms with Crippen molar-refractivity contribution in [3.05, 3.63) is 76.9 Å². The van der Waals surface area contributed by atoms with Crippen LogP contribution in [0.3, 0.4) is 0 Å². The number of aryl methyl sites for hydroxylation is 1. The quantitative estimate of drug-likeness (QED) is 0.763. The number of aliphatic imine (C=N–C) groups is 1. The summed E-state index contributed by atoms with van der Waals surface area (Å²) in [5, 5.41) is 0. The van der Waals surface area contributed by atoms with Crippen molar-refractivity contribution in [2.75, 3.05) is 6.61 Å². The Labute approximate surface area is 143 Å². The number of fused-ring (bicyclic) bond motifs is 1.